The SMILES string of the molecule is COc1ccc([C@H](C(=O)NCCC(C)C)N(C(=O)Cn2nnc3ccccc32)c2ccc(C)c(F)c2)cc1OC. The van der Waals surface area contributed by atoms with Gasteiger partial charge in [-0.3, -0.25) is 14.5 Å². The van der Waals surface area contributed by atoms with Gasteiger partial charge in [-0.2, -0.15) is 0 Å². The van der Waals surface area contributed by atoms with Crippen molar-refractivity contribution in [1.82, 2.24) is 20.3 Å². The first-order chi connectivity index (χ1) is 19.2. The van der Waals surface area contributed by atoms with E-state index in [4.69, 9.17) is 9.47 Å². The van der Waals surface area contributed by atoms with Gasteiger partial charge in [-0.15, -0.1) is 5.10 Å². The Balaban J connectivity index is 1.83. The van der Waals surface area contributed by atoms with E-state index in [0.717, 1.165) is 6.42 Å². The molecule has 1 heterocycles. The molecule has 0 aliphatic carbocycles. The van der Waals surface area contributed by atoms with Crippen molar-refractivity contribution in [3.63, 3.8) is 0 Å². The number of halogens is 1. The van der Waals surface area contributed by atoms with E-state index in [-0.39, 0.29) is 12.2 Å². The van der Waals surface area contributed by atoms with Crippen LogP contribution in [-0.4, -0.2) is 47.6 Å². The fraction of sp³-hybridized carbons (Fsp3) is 0.333. The molecule has 0 saturated carbocycles. The number of hydrogen-bond donors (Lipinski definition) is 1. The number of aromatic nitrogens is 3. The van der Waals surface area contributed by atoms with Gasteiger partial charge in [-0.05, 0) is 66.8 Å². The molecule has 210 valence electrons. The number of ether oxygens (including phenoxy) is 2. The van der Waals surface area contributed by atoms with Crippen LogP contribution in [0, 0.1) is 18.7 Å². The second kappa shape index (κ2) is 12.6. The van der Waals surface area contributed by atoms with Gasteiger partial charge in [0.15, 0.2) is 11.5 Å². The van der Waals surface area contributed by atoms with E-state index in [9.17, 15) is 14.0 Å². The first kappa shape index (κ1) is 28.5. The monoisotopic (exact) mass is 547 g/mol. The van der Waals surface area contributed by atoms with Gasteiger partial charge >= 0.3 is 0 Å². The minimum atomic E-state index is -1.14. The van der Waals surface area contributed by atoms with Crippen molar-refractivity contribution in [2.75, 3.05) is 25.7 Å². The predicted octanol–water partition coefficient (Wildman–Crippen LogP) is 4.83. The van der Waals surface area contributed by atoms with Crippen molar-refractivity contribution in [3.05, 3.63) is 77.6 Å². The van der Waals surface area contributed by atoms with Gasteiger partial charge in [0.1, 0.15) is 23.9 Å². The fourth-order valence-corrected chi connectivity index (χ4v) is 4.43. The van der Waals surface area contributed by atoms with Crippen molar-refractivity contribution in [1.29, 1.82) is 0 Å². The molecular formula is C30H34FN5O4. The lowest BCUT2D eigenvalue weighted by atomic mass is 10.0. The fourth-order valence-electron chi connectivity index (χ4n) is 4.43. The van der Waals surface area contributed by atoms with Crippen molar-refractivity contribution in [2.24, 2.45) is 5.92 Å². The number of amides is 2. The maximum Gasteiger partial charge on any atom is 0.249 e. The van der Waals surface area contributed by atoms with Crippen LogP contribution in [0.25, 0.3) is 11.0 Å². The molecule has 3 aromatic carbocycles. The molecule has 10 heteroatoms. The maximum atomic E-state index is 14.9. The zero-order valence-corrected chi connectivity index (χ0v) is 23.3. The summed E-state index contributed by atoms with van der Waals surface area (Å²) in [5, 5.41) is 11.3. The third-order valence-corrected chi connectivity index (χ3v) is 6.66. The number of rotatable bonds is 11. The zero-order chi connectivity index (χ0) is 28.8. The minimum absolute atomic E-state index is 0.223. The second-order valence-electron chi connectivity index (χ2n) is 9.92. The summed E-state index contributed by atoms with van der Waals surface area (Å²) in [5.74, 6) is -0.149. The molecule has 2 amide bonds. The zero-order valence-electron chi connectivity index (χ0n) is 23.3. The third-order valence-electron chi connectivity index (χ3n) is 6.66. The van der Waals surface area contributed by atoms with Crippen molar-refractivity contribution < 1.29 is 23.5 Å². The summed E-state index contributed by atoms with van der Waals surface area (Å²) in [6.07, 6.45) is 0.752. The van der Waals surface area contributed by atoms with E-state index in [0.29, 0.717) is 46.1 Å². The van der Waals surface area contributed by atoms with Gasteiger partial charge in [0, 0.05) is 12.2 Å². The van der Waals surface area contributed by atoms with Crippen LogP contribution in [0.1, 0.15) is 37.4 Å². The summed E-state index contributed by atoms with van der Waals surface area (Å²) in [6.45, 7) is 5.95. The lowest BCUT2D eigenvalue weighted by Crippen LogP contribution is -2.45. The first-order valence-electron chi connectivity index (χ1n) is 13.1. The highest BCUT2D eigenvalue weighted by Gasteiger charge is 2.34. The lowest BCUT2D eigenvalue weighted by molar-refractivity contribution is -0.127. The quantitative estimate of drug-likeness (QED) is 0.289. The average Bonchev–Trinajstić information content (AvgIpc) is 3.35. The summed E-state index contributed by atoms with van der Waals surface area (Å²) < 4.78 is 27.2. The minimum Gasteiger partial charge on any atom is -0.493 e. The number of hydrogen-bond acceptors (Lipinski definition) is 6. The number of methoxy groups -OCH3 is 2. The lowest BCUT2D eigenvalue weighted by Gasteiger charge is -2.32. The van der Waals surface area contributed by atoms with Crippen LogP contribution in [0.15, 0.2) is 60.7 Å². The van der Waals surface area contributed by atoms with Gasteiger partial charge in [-0.1, -0.05) is 43.3 Å². The van der Waals surface area contributed by atoms with Crippen LogP contribution in [0.5, 0.6) is 11.5 Å². The van der Waals surface area contributed by atoms with Crippen molar-refractivity contribution in [2.45, 2.75) is 39.8 Å². The van der Waals surface area contributed by atoms with Crippen LogP contribution < -0.4 is 19.7 Å². The summed E-state index contributed by atoms with van der Waals surface area (Å²) in [6, 6.07) is 15.6. The molecule has 4 rings (SSSR count). The summed E-state index contributed by atoms with van der Waals surface area (Å²) in [7, 11) is 3.01. The number of carbonyl (C=O) groups is 2. The number of anilines is 1. The number of benzene rings is 3. The summed E-state index contributed by atoms with van der Waals surface area (Å²) in [4.78, 5) is 29.3. The molecule has 0 unspecified atom stereocenters. The van der Waals surface area contributed by atoms with Crippen molar-refractivity contribution >= 4 is 28.5 Å². The molecule has 0 bridgehead atoms. The van der Waals surface area contributed by atoms with E-state index in [1.54, 1.807) is 43.3 Å². The van der Waals surface area contributed by atoms with E-state index in [1.165, 1.54) is 29.9 Å². The largest absolute Gasteiger partial charge is 0.493 e. The Morgan fingerprint density at radius 2 is 1.77 bits per heavy atom. The average molecular weight is 548 g/mol. The van der Waals surface area contributed by atoms with E-state index < -0.39 is 23.7 Å². The highest BCUT2D eigenvalue weighted by atomic mass is 19.1. The Bertz CT molecular complexity index is 1500. The third kappa shape index (κ3) is 6.22. The van der Waals surface area contributed by atoms with E-state index >= 15 is 0 Å². The van der Waals surface area contributed by atoms with Crippen LogP contribution >= 0.6 is 0 Å². The van der Waals surface area contributed by atoms with Gasteiger partial charge in [0.2, 0.25) is 11.8 Å². The molecule has 40 heavy (non-hydrogen) atoms. The standard InChI is InChI=1S/C30H34FN5O4/c1-19(2)14-15-32-30(38)29(21-11-13-26(39-4)27(16-21)40-5)36(22-12-10-20(3)23(31)17-22)28(37)18-35-25-9-7-6-8-24(25)33-34-35/h6-13,16-17,19,29H,14-15,18H2,1-5H3,(H,32,38)/t29-/m1/s1. The van der Waals surface area contributed by atoms with Gasteiger partial charge in [0.05, 0.1) is 19.7 Å². The number of fused-ring (bicyclic) bond motifs is 1. The predicted molar refractivity (Wildman–Crippen MR) is 151 cm³/mol. The smallest absolute Gasteiger partial charge is 0.249 e. The first-order valence-corrected chi connectivity index (χ1v) is 13.1. The number of nitrogens with one attached hydrogen (secondary N) is 1. The molecule has 0 fully saturated rings. The van der Waals surface area contributed by atoms with Gasteiger partial charge < -0.3 is 14.8 Å². The normalized spacial score (nSPS) is 11.9. The second-order valence-corrected chi connectivity index (χ2v) is 9.92. The molecule has 0 aliphatic rings. The number of para-hydroxylation sites is 1. The Morgan fingerprint density at radius 1 is 1.02 bits per heavy atom. The highest BCUT2D eigenvalue weighted by molar-refractivity contribution is 6.01. The Morgan fingerprint density at radius 3 is 2.48 bits per heavy atom. The molecule has 1 aromatic heterocycles. The molecule has 1 N–H and O–H groups in total. The molecule has 1 atom stereocenters. The molecular weight excluding hydrogens is 513 g/mol. The van der Waals surface area contributed by atoms with Crippen LogP contribution in [0.4, 0.5) is 10.1 Å². The van der Waals surface area contributed by atoms with Crippen LogP contribution in [0.3, 0.4) is 0 Å². The molecule has 0 radical (unpaired) electrons. The Labute approximate surface area is 232 Å². The Hall–Kier alpha value is -4.47. The van der Waals surface area contributed by atoms with Gasteiger partial charge in [-0.25, -0.2) is 9.07 Å². The molecule has 0 saturated heterocycles. The number of carbonyl (C=O) groups excluding carboxylic acids is 2. The maximum absolute atomic E-state index is 14.9. The molecule has 4 aromatic rings. The number of nitrogens with zero attached hydrogens (tertiary/aromatic N) is 4. The molecule has 9 nitrogen and oxygen atoms in total. The van der Waals surface area contributed by atoms with Gasteiger partial charge in [0.25, 0.3) is 0 Å². The van der Waals surface area contributed by atoms with Crippen LogP contribution in [-0.2, 0) is 16.1 Å². The van der Waals surface area contributed by atoms with E-state index in [1.807, 2.05) is 18.2 Å². The Kier molecular flexibility index (Phi) is 8.98. The molecule has 0 spiro atoms. The summed E-state index contributed by atoms with van der Waals surface area (Å²) >= 11 is 0. The van der Waals surface area contributed by atoms with Crippen molar-refractivity contribution in [3.8, 4) is 11.5 Å². The molecule has 0 aliphatic heterocycles. The van der Waals surface area contributed by atoms with Crippen LogP contribution in [0.2, 0.25) is 0 Å². The topological polar surface area (TPSA) is 98.6 Å². The number of aryl methyl sites for hydroxylation is 1. The highest BCUT2D eigenvalue weighted by Crippen LogP contribution is 2.35. The van der Waals surface area contributed by atoms with E-state index in [2.05, 4.69) is 29.5 Å². The summed E-state index contributed by atoms with van der Waals surface area (Å²) in [5.41, 5.74) is 2.41.